The predicted octanol–water partition coefficient (Wildman–Crippen LogP) is 1.97. The summed E-state index contributed by atoms with van der Waals surface area (Å²) in [5.41, 5.74) is 0.531. The van der Waals surface area contributed by atoms with Gasteiger partial charge in [-0.2, -0.15) is 0 Å². The van der Waals surface area contributed by atoms with E-state index in [1.54, 1.807) is 0 Å². The summed E-state index contributed by atoms with van der Waals surface area (Å²) in [5, 5.41) is 19.5. The van der Waals surface area contributed by atoms with Crippen molar-refractivity contribution < 1.29 is 29.3 Å². The number of carboxylic acids is 1. The van der Waals surface area contributed by atoms with E-state index >= 15 is 0 Å². The van der Waals surface area contributed by atoms with Crippen LogP contribution in [0.25, 0.3) is 0 Å². The minimum absolute atomic E-state index is 0.150. The smallest absolute Gasteiger partial charge is 0.306 e. The van der Waals surface area contributed by atoms with Gasteiger partial charge in [0.05, 0.1) is 18.8 Å². The zero-order chi connectivity index (χ0) is 17.3. The molecule has 4 atom stereocenters. The van der Waals surface area contributed by atoms with Crippen LogP contribution in [0.15, 0.2) is 11.3 Å². The number of esters is 1. The van der Waals surface area contributed by atoms with Crippen molar-refractivity contribution in [2.45, 2.75) is 70.2 Å². The largest absolute Gasteiger partial charge is 0.490 e. The summed E-state index contributed by atoms with van der Waals surface area (Å²) in [7, 11) is 0. The third-order valence-corrected chi connectivity index (χ3v) is 6.27. The highest BCUT2D eigenvalue weighted by molar-refractivity contribution is 5.77. The number of ether oxygens (including phenoxy) is 2. The van der Waals surface area contributed by atoms with Gasteiger partial charge in [0, 0.05) is 11.5 Å². The number of hydrogen-bond acceptors (Lipinski definition) is 5. The van der Waals surface area contributed by atoms with Crippen molar-refractivity contribution in [2.24, 2.45) is 11.3 Å². The maximum absolute atomic E-state index is 12.0. The molecule has 1 radical (unpaired) electrons. The van der Waals surface area contributed by atoms with Gasteiger partial charge in [0.1, 0.15) is 23.6 Å². The fraction of sp³-hybridized carbons (Fsp3) is 0.722. The normalized spacial score (nSPS) is 38.9. The molecule has 1 saturated carbocycles. The van der Waals surface area contributed by atoms with Crippen LogP contribution in [0.4, 0.5) is 0 Å². The number of carbonyl (C=O) groups is 2. The van der Waals surface area contributed by atoms with Crippen LogP contribution in [-0.4, -0.2) is 40.0 Å². The van der Waals surface area contributed by atoms with Crippen LogP contribution < -0.4 is 0 Å². The quantitative estimate of drug-likeness (QED) is 0.763. The Bertz CT molecular complexity index is 635. The Morgan fingerprint density at radius 3 is 2.62 bits per heavy atom. The molecule has 0 aromatic rings. The van der Waals surface area contributed by atoms with Crippen molar-refractivity contribution in [3.05, 3.63) is 17.3 Å². The Balaban J connectivity index is 1.59. The van der Waals surface area contributed by atoms with E-state index < -0.39 is 24.1 Å². The molecule has 0 aromatic carbocycles. The number of hydrogen-bond donors (Lipinski definition) is 2. The number of carbonyl (C=O) groups excluding carboxylic acids is 1. The summed E-state index contributed by atoms with van der Waals surface area (Å²) >= 11 is 0. The second kappa shape index (κ2) is 4.97. The summed E-state index contributed by atoms with van der Waals surface area (Å²) in [6, 6.07) is 0. The number of rotatable bonds is 4. The lowest BCUT2D eigenvalue weighted by molar-refractivity contribution is -0.156. The predicted molar refractivity (Wildman–Crippen MR) is 82.6 cm³/mol. The van der Waals surface area contributed by atoms with E-state index in [0.29, 0.717) is 0 Å². The number of carboxylic acid groups (broad SMARTS) is 1. The van der Waals surface area contributed by atoms with Gasteiger partial charge >= 0.3 is 11.9 Å². The zero-order valence-corrected chi connectivity index (χ0v) is 14.0. The van der Waals surface area contributed by atoms with Crippen LogP contribution in [0.1, 0.15) is 52.4 Å². The van der Waals surface area contributed by atoms with E-state index in [0.717, 1.165) is 42.9 Å². The van der Waals surface area contributed by atoms with Crippen molar-refractivity contribution in [1.82, 2.24) is 0 Å². The first-order chi connectivity index (χ1) is 11.3. The fourth-order valence-corrected chi connectivity index (χ4v) is 4.83. The number of aliphatic hydroxyl groups excluding tert-OH is 1. The summed E-state index contributed by atoms with van der Waals surface area (Å²) in [4.78, 5) is 22.7. The summed E-state index contributed by atoms with van der Waals surface area (Å²) < 4.78 is 11.8. The van der Waals surface area contributed by atoms with E-state index in [4.69, 9.17) is 14.6 Å². The molecule has 131 valence electrons. The van der Waals surface area contributed by atoms with Gasteiger partial charge in [0.15, 0.2) is 0 Å². The van der Waals surface area contributed by atoms with Crippen LogP contribution in [0.3, 0.4) is 0 Å². The van der Waals surface area contributed by atoms with E-state index in [9.17, 15) is 14.7 Å². The molecule has 2 bridgehead atoms. The first-order valence-electron chi connectivity index (χ1n) is 8.65. The highest BCUT2D eigenvalue weighted by Crippen LogP contribution is 2.67. The second-order valence-electron chi connectivity index (χ2n) is 8.09. The van der Waals surface area contributed by atoms with Crippen molar-refractivity contribution in [2.75, 3.05) is 0 Å². The molecular formula is C18H23O6. The average molecular weight is 335 g/mol. The van der Waals surface area contributed by atoms with Gasteiger partial charge in [0.25, 0.3) is 0 Å². The SMILES string of the molecule is CC1(C)CC[C@@]23CC[C@@H]2C2=C(O3)[C]1[C@@H](OC(=O)CCC(=O)O)[C@@H]2O. The third kappa shape index (κ3) is 2.05. The van der Waals surface area contributed by atoms with Crippen molar-refractivity contribution in [3.8, 4) is 0 Å². The number of aliphatic hydroxyl groups is 1. The van der Waals surface area contributed by atoms with Crippen molar-refractivity contribution in [3.63, 3.8) is 0 Å². The van der Waals surface area contributed by atoms with Crippen LogP contribution in [-0.2, 0) is 19.1 Å². The zero-order valence-electron chi connectivity index (χ0n) is 14.0. The lowest BCUT2D eigenvalue weighted by atomic mass is 9.62. The van der Waals surface area contributed by atoms with Gasteiger partial charge in [-0.3, -0.25) is 9.59 Å². The van der Waals surface area contributed by atoms with E-state index in [-0.39, 0.29) is 29.8 Å². The topological polar surface area (TPSA) is 93.1 Å². The maximum atomic E-state index is 12.0. The highest BCUT2D eigenvalue weighted by atomic mass is 16.6. The van der Waals surface area contributed by atoms with Gasteiger partial charge < -0.3 is 19.7 Å². The average Bonchev–Trinajstić information content (AvgIpc) is 2.79. The Labute approximate surface area is 140 Å². The molecule has 0 amide bonds. The molecule has 6 nitrogen and oxygen atoms in total. The molecule has 2 N–H and O–H groups in total. The molecule has 1 spiro atoms. The van der Waals surface area contributed by atoms with Crippen LogP contribution in [0, 0.1) is 17.3 Å². The van der Waals surface area contributed by atoms with Crippen LogP contribution in [0.2, 0.25) is 0 Å². The number of aliphatic carboxylic acids is 1. The summed E-state index contributed by atoms with van der Waals surface area (Å²) in [5.74, 6) is 0.249. The molecule has 1 saturated heterocycles. The Morgan fingerprint density at radius 2 is 2.00 bits per heavy atom. The summed E-state index contributed by atoms with van der Waals surface area (Å²) in [6.45, 7) is 4.19. The van der Waals surface area contributed by atoms with E-state index in [1.807, 2.05) is 0 Å². The lowest BCUT2D eigenvalue weighted by Gasteiger charge is -2.45. The Kier molecular flexibility index (Phi) is 3.30. The first-order valence-corrected chi connectivity index (χ1v) is 8.65. The maximum Gasteiger partial charge on any atom is 0.306 e. The van der Waals surface area contributed by atoms with Gasteiger partial charge in [0.2, 0.25) is 0 Å². The molecule has 4 aliphatic rings. The van der Waals surface area contributed by atoms with Crippen molar-refractivity contribution >= 4 is 11.9 Å². The second-order valence-corrected chi connectivity index (χ2v) is 8.09. The monoisotopic (exact) mass is 335 g/mol. The molecule has 2 aliphatic carbocycles. The molecule has 2 heterocycles. The van der Waals surface area contributed by atoms with E-state index in [1.165, 1.54) is 0 Å². The van der Waals surface area contributed by atoms with Crippen molar-refractivity contribution in [1.29, 1.82) is 0 Å². The molecule has 4 rings (SSSR count). The Morgan fingerprint density at radius 1 is 1.25 bits per heavy atom. The third-order valence-electron chi connectivity index (χ3n) is 6.27. The van der Waals surface area contributed by atoms with E-state index in [2.05, 4.69) is 13.8 Å². The van der Waals surface area contributed by atoms with Crippen LogP contribution >= 0.6 is 0 Å². The molecule has 2 aliphatic heterocycles. The summed E-state index contributed by atoms with van der Waals surface area (Å²) in [6.07, 6.45) is 1.82. The van der Waals surface area contributed by atoms with Crippen LogP contribution in [0.5, 0.6) is 0 Å². The molecule has 0 unspecified atom stereocenters. The minimum atomic E-state index is -1.04. The molecule has 24 heavy (non-hydrogen) atoms. The molecule has 0 aromatic heterocycles. The highest BCUT2D eigenvalue weighted by Gasteiger charge is 2.68. The Hall–Kier alpha value is -1.56. The molecular weight excluding hydrogens is 312 g/mol. The van der Waals surface area contributed by atoms with Gasteiger partial charge in [-0.05, 0) is 31.1 Å². The molecule has 2 fully saturated rings. The standard InChI is InChI=1S/C18H23O6/c1-17(2)7-8-18-6-5-9(18)12-14(22)16(13(17)15(12)24-18)23-11(21)4-3-10(19)20/h9,14,16,22H,3-8H2,1-2H3,(H,19,20)/t9-,14-,16-,18+/m1/s1. The minimum Gasteiger partial charge on any atom is -0.490 e. The van der Waals surface area contributed by atoms with Gasteiger partial charge in [-0.15, -0.1) is 0 Å². The first kappa shape index (κ1) is 15.9. The van der Waals surface area contributed by atoms with Gasteiger partial charge in [-0.25, -0.2) is 0 Å². The fourth-order valence-electron chi connectivity index (χ4n) is 4.83. The van der Waals surface area contributed by atoms with Gasteiger partial charge in [-0.1, -0.05) is 13.8 Å². The number of fused-ring (bicyclic) bond motifs is 1. The lowest BCUT2D eigenvalue weighted by Crippen LogP contribution is -2.48. The molecule has 6 heteroatoms.